The van der Waals surface area contributed by atoms with E-state index in [1.54, 1.807) is 4.90 Å². The summed E-state index contributed by atoms with van der Waals surface area (Å²) < 4.78 is 25.9. The summed E-state index contributed by atoms with van der Waals surface area (Å²) in [4.78, 5) is 24.1. The summed E-state index contributed by atoms with van der Waals surface area (Å²) in [5, 5.41) is 11.2. The number of nitro benzene ring substituents is 1. The Balaban J connectivity index is 2.31. The highest BCUT2D eigenvalue weighted by Gasteiger charge is 2.45. The van der Waals surface area contributed by atoms with Crippen LogP contribution in [0.15, 0.2) is 18.2 Å². The Hall–Kier alpha value is -2.00. The molecular formula is C18H27FN2O5Si. The fourth-order valence-electron chi connectivity index (χ4n) is 2.68. The third-order valence-corrected chi connectivity index (χ3v) is 9.81. The van der Waals surface area contributed by atoms with Crippen LogP contribution in [-0.2, 0) is 9.22 Å². The average molecular weight is 399 g/mol. The Labute approximate surface area is 159 Å². The summed E-state index contributed by atoms with van der Waals surface area (Å²) in [5.41, 5.74) is -0.316. The third-order valence-electron chi connectivity index (χ3n) is 5.31. The molecule has 1 aliphatic rings. The zero-order chi connectivity index (χ0) is 20.6. The number of halogens is 1. The molecule has 1 amide bonds. The fraction of sp³-hybridized carbons (Fsp3) is 0.611. The summed E-state index contributed by atoms with van der Waals surface area (Å²) in [5.74, 6) is -0.906. The van der Waals surface area contributed by atoms with Gasteiger partial charge in [0.05, 0.1) is 11.5 Å². The monoisotopic (exact) mass is 398 g/mol. The van der Waals surface area contributed by atoms with Crippen molar-refractivity contribution in [3.8, 4) is 5.75 Å². The van der Waals surface area contributed by atoms with Gasteiger partial charge in [0.2, 0.25) is 5.91 Å². The van der Waals surface area contributed by atoms with E-state index in [2.05, 4.69) is 33.9 Å². The van der Waals surface area contributed by atoms with Gasteiger partial charge in [0, 0.05) is 25.6 Å². The van der Waals surface area contributed by atoms with Gasteiger partial charge in [0.15, 0.2) is 14.1 Å². The molecule has 1 heterocycles. The highest BCUT2D eigenvalue weighted by atomic mass is 28.4. The first-order valence-corrected chi connectivity index (χ1v) is 11.8. The van der Waals surface area contributed by atoms with Crippen LogP contribution < -0.4 is 4.74 Å². The number of hydrogen-bond donors (Lipinski definition) is 0. The van der Waals surface area contributed by atoms with Crippen molar-refractivity contribution in [2.45, 2.75) is 58.0 Å². The number of amides is 1. The molecule has 27 heavy (non-hydrogen) atoms. The molecule has 2 rings (SSSR count). The molecular weight excluding hydrogens is 371 g/mol. The van der Waals surface area contributed by atoms with E-state index in [-0.39, 0.29) is 28.9 Å². The van der Waals surface area contributed by atoms with Gasteiger partial charge in [0.25, 0.3) is 0 Å². The molecule has 2 unspecified atom stereocenters. The van der Waals surface area contributed by atoms with E-state index in [9.17, 15) is 19.3 Å². The Morgan fingerprint density at radius 2 is 1.89 bits per heavy atom. The Morgan fingerprint density at radius 3 is 2.41 bits per heavy atom. The van der Waals surface area contributed by atoms with E-state index in [4.69, 9.17) is 9.16 Å². The van der Waals surface area contributed by atoms with Gasteiger partial charge in [0.1, 0.15) is 18.0 Å². The van der Waals surface area contributed by atoms with Crippen LogP contribution in [0.5, 0.6) is 5.75 Å². The first kappa shape index (κ1) is 21.3. The van der Waals surface area contributed by atoms with Crippen LogP contribution in [0.25, 0.3) is 0 Å². The van der Waals surface area contributed by atoms with Crippen molar-refractivity contribution >= 4 is 19.9 Å². The van der Waals surface area contributed by atoms with Gasteiger partial charge < -0.3 is 14.1 Å². The van der Waals surface area contributed by atoms with E-state index >= 15 is 0 Å². The van der Waals surface area contributed by atoms with Crippen LogP contribution in [-0.4, -0.2) is 49.3 Å². The number of likely N-dealkylation sites (tertiary alicyclic amines) is 1. The lowest BCUT2D eigenvalue weighted by Crippen LogP contribution is -2.48. The highest BCUT2D eigenvalue weighted by Crippen LogP contribution is 2.39. The molecule has 0 aromatic heterocycles. The summed E-state index contributed by atoms with van der Waals surface area (Å²) in [6.45, 7) is 12.5. The molecule has 150 valence electrons. The van der Waals surface area contributed by atoms with Gasteiger partial charge in [-0.05, 0) is 24.2 Å². The van der Waals surface area contributed by atoms with E-state index in [0.717, 1.165) is 18.2 Å². The van der Waals surface area contributed by atoms with Crippen molar-refractivity contribution in [2.24, 2.45) is 0 Å². The van der Waals surface area contributed by atoms with Crippen molar-refractivity contribution in [2.75, 3.05) is 13.1 Å². The number of hydrogen-bond acceptors (Lipinski definition) is 5. The standard InChI is InChI=1S/C18H27FN2O5Si/c1-12(22)20-10-16(17(11-20)26-27(5,6)18(2,3)4)25-15-9-13(19)7-8-14(15)21(23)24/h7-9,16-17H,10-11H2,1-6H3. The van der Waals surface area contributed by atoms with E-state index < -0.39 is 31.3 Å². The lowest BCUT2D eigenvalue weighted by Gasteiger charge is -2.39. The lowest BCUT2D eigenvalue weighted by molar-refractivity contribution is -0.386. The topological polar surface area (TPSA) is 81.9 Å². The van der Waals surface area contributed by atoms with Gasteiger partial charge in [-0.15, -0.1) is 0 Å². The summed E-state index contributed by atoms with van der Waals surface area (Å²) in [6, 6.07) is 3.09. The molecule has 0 radical (unpaired) electrons. The maximum absolute atomic E-state index is 13.6. The molecule has 0 bridgehead atoms. The molecule has 1 saturated heterocycles. The SMILES string of the molecule is CC(=O)N1CC(Oc2cc(F)ccc2[N+](=O)[O-])C(O[Si](C)(C)C(C)(C)C)C1. The molecule has 1 aromatic carbocycles. The second-order valence-corrected chi connectivity index (χ2v) is 13.1. The summed E-state index contributed by atoms with van der Waals surface area (Å²) >= 11 is 0. The molecule has 1 aliphatic heterocycles. The number of benzene rings is 1. The minimum atomic E-state index is -2.17. The molecule has 9 heteroatoms. The number of ether oxygens (including phenoxy) is 1. The first-order valence-electron chi connectivity index (χ1n) is 8.86. The average Bonchev–Trinajstić information content (AvgIpc) is 2.88. The number of rotatable bonds is 5. The van der Waals surface area contributed by atoms with Crippen molar-refractivity contribution in [1.29, 1.82) is 0 Å². The van der Waals surface area contributed by atoms with Crippen molar-refractivity contribution < 1.29 is 23.3 Å². The van der Waals surface area contributed by atoms with Gasteiger partial charge in [-0.25, -0.2) is 4.39 Å². The molecule has 7 nitrogen and oxygen atoms in total. The number of carbonyl (C=O) groups excluding carboxylic acids is 1. The van der Waals surface area contributed by atoms with Crippen LogP contribution in [0.3, 0.4) is 0 Å². The quantitative estimate of drug-likeness (QED) is 0.429. The normalized spacial score (nSPS) is 20.6. The minimum absolute atomic E-state index is 0.0496. The zero-order valence-electron chi connectivity index (χ0n) is 16.6. The van der Waals surface area contributed by atoms with Gasteiger partial charge in [-0.1, -0.05) is 20.8 Å². The smallest absolute Gasteiger partial charge is 0.311 e. The van der Waals surface area contributed by atoms with E-state index in [1.807, 2.05) is 0 Å². The number of carbonyl (C=O) groups is 1. The van der Waals surface area contributed by atoms with Crippen LogP contribution in [0.2, 0.25) is 18.1 Å². The minimum Gasteiger partial charge on any atom is -0.479 e. The maximum Gasteiger partial charge on any atom is 0.311 e. The first-order chi connectivity index (χ1) is 12.3. The van der Waals surface area contributed by atoms with Crippen LogP contribution in [0.1, 0.15) is 27.7 Å². The lowest BCUT2D eigenvalue weighted by atomic mass is 10.2. The van der Waals surface area contributed by atoms with E-state index in [0.29, 0.717) is 6.54 Å². The molecule has 0 N–H and O–H groups in total. The highest BCUT2D eigenvalue weighted by molar-refractivity contribution is 6.74. The third kappa shape index (κ3) is 4.84. The molecule has 1 aromatic rings. The van der Waals surface area contributed by atoms with Crippen LogP contribution in [0, 0.1) is 15.9 Å². The van der Waals surface area contributed by atoms with Gasteiger partial charge in [-0.2, -0.15) is 0 Å². The van der Waals surface area contributed by atoms with Crippen LogP contribution >= 0.6 is 0 Å². The van der Waals surface area contributed by atoms with Crippen LogP contribution in [0.4, 0.5) is 10.1 Å². The molecule has 1 fully saturated rings. The van der Waals surface area contributed by atoms with E-state index in [1.165, 1.54) is 6.92 Å². The Bertz CT molecular complexity index is 735. The predicted molar refractivity (Wildman–Crippen MR) is 102 cm³/mol. The molecule has 0 spiro atoms. The maximum atomic E-state index is 13.6. The number of nitro groups is 1. The van der Waals surface area contributed by atoms with Crippen molar-refractivity contribution in [3.63, 3.8) is 0 Å². The Morgan fingerprint density at radius 1 is 1.30 bits per heavy atom. The van der Waals surface area contributed by atoms with Crippen molar-refractivity contribution in [3.05, 3.63) is 34.1 Å². The van der Waals surface area contributed by atoms with Gasteiger partial charge in [-0.3, -0.25) is 14.9 Å². The molecule has 0 saturated carbocycles. The Kier molecular flexibility index (Phi) is 5.96. The summed E-state index contributed by atoms with van der Waals surface area (Å²) in [6.07, 6.45) is -1.04. The molecule has 2 atom stereocenters. The second-order valence-electron chi connectivity index (χ2n) is 8.37. The predicted octanol–water partition coefficient (Wildman–Crippen LogP) is 3.73. The van der Waals surface area contributed by atoms with Gasteiger partial charge >= 0.3 is 5.69 Å². The second kappa shape index (κ2) is 7.55. The fourth-order valence-corrected chi connectivity index (χ4v) is 4.02. The largest absolute Gasteiger partial charge is 0.479 e. The zero-order valence-corrected chi connectivity index (χ0v) is 17.6. The number of nitrogens with zero attached hydrogens (tertiary/aromatic N) is 2. The summed E-state index contributed by atoms with van der Waals surface area (Å²) in [7, 11) is -2.17. The van der Waals surface area contributed by atoms with Crippen molar-refractivity contribution in [1.82, 2.24) is 4.90 Å². The molecule has 0 aliphatic carbocycles.